The van der Waals surface area contributed by atoms with Gasteiger partial charge < -0.3 is 19.2 Å². The van der Waals surface area contributed by atoms with Crippen LogP contribution in [0.1, 0.15) is 33.6 Å². The molecule has 1 saturated heterocycles. The highest BCUT2D eigenvalue weighted by molar-refractivity contribution is 5.95. The first-order valence-electron chi connectivity index (χ1n) is 9.86. The van der Waals surface area contributed by atoms with Gasteiger partial charge in [0, 0.05) is 18.2 Å². The van der Waals surface area contributed by atoms with Crippen LogP contribution in [0.4, 0.5) is 18.9 Å². The Hall–Kier alpha value is -2.82. The summed E-state index contributed by atoms with van der Waals surface area (Å²) < 4.78 is 48.1. The van der Waals surface area contributed by atoms with Crippen LogP contribution >= 0.6 is 0 Å². The maximum Gasteiger partial charge on any atom is 0.492 e. The van der Waals surface area contributed by atoms with Gasteiger partial charge in [-0.05, 0) is 24.0 Å². The molecule has 0 spiro atoms. The Bertz CT molecular complexity index is 853. The van der Waals surface area contributed by atoms with Crippen LogP contribution in [0.15, 0.2) is 24.3 Å². The molecule has 0 aliphatic carbocycles. The van der Waals surface area contributed by atoms with Crippen molar-refractivity contribution < 1.29 is 41.9 Å². The standard InChI is InChI=1S/C21H27F3N2O6/c1-20(2,3)11-17(27)26(13-7-6-8-15(9-13)30-4)14-10-16(18(28)31-5)25(12-14)32-19(29)21(22,23)24/h6-9,14,16H,10-12H2,1-5H3/t14-,16?/m1/s1. The molecule has 0 N–H and O–H groups in total. The van der Waals surface area contributed by atoms with E-state index in [2.05, 4.69) is 9.57 Å². The Balaban J connectivity index is 2.42. The van der Waals surface area contributed by atoms with Crippen molar-refractivity contribution in [2.24, 2.45) is 5.41 Å². The molecule has 32 heavy (non-hydrogen) atoms. The summed E-state index contributed by atoms with van der Waals surface area (Å²) in [5, 5.41) is 0.629. The lowest BCUT2D eigenvalue weighted by Crippen LogP contribution is -2.44. The van der Waals surface area contributed by atoms with Gasteiger partial charge in [0.15, 0.2) is 0 Å². The van der Waals surface area contributed by atoms with Gasteiger partial charge in [-0.15, -0.1) is 5.06 Å². The number of alkyl halides is 3. The topological polar surface area (TPSA) is 85.4 Å². The largest absolute Gasteiger partial charge is 0.497 e. The number of hydroxylamine groups is 2. The molecular formula is C21H27F3N2O6. The van der Waals surface area contributed by atoms with Crippen LogP contribution in [0.2, 0.25) is 0 Å². The van der Waals surface area contributed by atoms with Gasteiger partial charge in [-0.1, -0.05) is 26.8 Å². The second-order valence-electron chi connectivity index (χ2n) is 8.61. The molecular weight excluding hydrogens is 433 g/mol. The molecule has 8 nitrogen and oxygen atoms in total. The number of ether oxygens (including phenoxy) is 2. The van der Waals surface area contributed by atoms with Crippen LogP contribution in [0.5, 0.6) is 5.75 Å². The third-order valence-corrected chi connectivity index (χ3v) is 4.79. The van der Waals surface area contributed by atoms with E-state index in [4.69, 9.17) is 4.74 Å². The lowest BCUT2D eigenvalue weighted by atomic mass is 9.91. The van der Waals surface area contributed by atoms with E-state index < -0.39 is 30.2 Å². The van der Waals surface area contributed by atoms with Gasteiger partial charge in [0.05, 0.1) is 26.8 Å². The Morgan fingerprint density at radius 2 is 1.81 bits per heavy atom. The van der Waals surface area contributed by atoms with E-state index in [1.807, 2.05) is 20.8 Å². The van der Waals surface area contributed by atoms with Crippen LogP contribution in [0.3, 0.4) is 0 Å². The summed E-state index contributed by atoms with van der Waals surface area (Å²) in [6.07, 6.45) is -5.20. The van der Waals surface area contributed by atoms with Crippen LogP contribution < -0.4 is 9.64 Å². The Kier molecular flexibility index (Phi) is 7.76. The normalized spacial score (nSPS) is 19.4. The SMILES string of the molecule is COC(=O)C1C[C@@H](N(C(=O)CC(C)(C)C)c2cccc(OC)c2)CN1OC(=O)C(F)(F)F. The maximum atomic E-state index is 13.2. The lowest BCUT2D eigenvalue weighted by molar-refractivity contribution is -0.242. The highest BCUT2D eigenvalue weighted by Gasteiger charge is 2.49. The van der Waals surface area contributed by atoms with E-state index in [1.165, 1.54) is 12.0 Å². The van der Waals surface area contributed by atoms with Crippen molar-refractivity contribution in [1.82, 2.24) is 5.06 Å². The summed E-state index contributed by atoms with van der Waals surface area (Å²) in [5.41, 5.74) is 0.0630. The van der Waals surface area contributed by atoms with Crippen LogP contribution in [-0.4, -0.2) is 61.9 Å². The summed E-state index contributed by atoms with van der Waals surface area (Å²) in [4.78, 5) is 42.7. The van der Waals surface area contributed by atoms with Crippen LogP contribution in [-0.2, 0) is 24.0 Å². The number of methoxy groups -OCH3 is 2. The average molecular weight is 460 g/mol. The molecule has 1 aliphatic heterocycles. The third kappa shape index (κ3) is 6.35. The zero-order valence-corrected chi connectivity index (χ0v) is 18.6. The summed E-state index contributed by atoms with van der Waals surface area (Å²) in [7, 11) is 2.53. The molecule has 0 bridgehead atoms. The maximum absolute atomic E-state index is 13.2. The monoisotopic (exact) mass is 460 g/mol. The lowest BCUT2D eigenvalue weighted by Gasteiger charge is -2.31. The molecule has 1 aliphatic rings. The van der Waals surface area contributed by atoms with Crippen molar-refractivity contribution in [3.05, 3.63) is 24.3 Å². The molecule has 178 valence electrons. The molecule has 0 radical (unpaired) electrons. The number of hydrogen-bond donors (Lipinski definition) is 0. The van der Waals surface area contributed by atoms with Crippen molar-refractivity contribution >= 4 is 23.5 Å². The van der Waals surface area contributed by atoms with E-state index in [-0.39, 0.29) is 30.7 Å². The van der Waals surface area contributed by atoms with E-state index in [0.717, 1.165) is 7.11 Å². The molecule has 11 heteroatoms. The number of anilines is 1. The number of nitrogens with zero attached hydrogens (tertiary/aromatic N) is 2. The first kappa shape index (κ1) is 25.4. The number of carbonyl (C=O) groups excluding carboxylic acids is 3. The minimum absolute atomic E-state index is 0.0924. The van der Waals surface area contributed by atoms with Gasteiger partial charge >= 0.3 is 18.1 Å². The van der Waals surface area contributed by atoms with Crippen molar-refractivity contribution in [1.29, 1.82) is 0 Å². The van der Waals surface area contributed by atoms with Crippen LogP contribution in [0.25, 0.3) is 0 Å². The number of hydrogen-bond acceptors (Lipinski definition) is 7. The minimum atomic E-state index is -5.24. The molecule has 0 saturated carbocycles. The number of esters is 1. The fourth-order valence-electron chi connectivity index (χ4n) is 3.44. The summed E-state index contributed by atoms with van der Waals surface area (Å²) in [5.74, 6) is -3.17. The second kappa shape index (κ2) is 9.76. The molecule has 1 aromatic carbocycles. The summed E-state index contributed by atoms with van der Waals surface area (Å²) >= 11 is 0. The average Bonchev–Trinajstić information content (AvgIpc) is 3.08. The highest BCUT2D eigenvalue weighted by Crippen LogP contribution is 2.33. The smallest absolute Gasteiger partial charge is 0.492 e. The van der Waals surface area contributed by atoms with E-state index in [0.29, 0.717) is 16.5 Å². The van der Waals surface area contributed by atoms with Gasteiger partial charge in [-0.2, -0.15) is 13.2 Å². The van der Waals surface area contributed by atoms with Crippen molar-refractivity contribution in [3.63, 3.8) is 0 Å². The molecule has 1 heterocycles. The number of carbonyl (C=O) groups is 3. The molecule has 2 atom stereocenters. The molecule has 1 aromatic rings. The fraction of sp³-hybridized carbons (Fsp3) is 0.571. The van der Waals surface area contributed by atoms with Gasteiger partial charge in [-0.3, -0.25) is 9.59 Å². The minimum Gasteiger partial charge on any atom is -0.497 e. The van der Waals surface area contributed by atoms with E-state index >= 15 is 0 Å². The van der Waals surface area contributed by atoms with E-state index in [9.17, 15) is 27.6 Å². The molecule has 0 aromatic heterocycles. The Labute approximate surface area is 184 Å². The zero-order valence-electron chi connectivity index (χ0n) is 18.6. The molecule has 1 fully saturated rings. The number of halogens is 3. The van der Waals surface area contributed by atoms with Gasteiger partial charge in [0.25, 0.3) is 0 Å². The Morgan fingerprint density at radius 1 is 1.16 bits per heavy atom. The quantitative estimate of drug-likeness (QED) is 0.603. The summed E-state index contributed by atoms with van der Waals surface area (Å²) in [6.45, 7) is 5.31. The predicted octanol–water partition coefficient (Wildman–Crippen LogP) is 3.10. The number of rotatable bonds is 6. The van der Waals surface area contributed by atoms with Gasteiger partial charge in [0.1, 0.15) is 11.8 Å². The van der Waals surface area contributed by atoms with Crippen molar-refractivity contribution in [2.75, 3.05) is 25.7 Å². The molecule has 1 amide bonds. The van der Waals surface area contributed by atoms with E-state index in [1.54, 1.807) is 24.3 Å². The van der Waals surface area contributed by atoms with Crippen LogP contribution in [0, 0.1) is 5.41 Å². The predicted molar refractivity (Wildman–Crippen MR) is 108 cm³/mol. The summed E-state index contributed by atoms with van der Waals surface area (Å²) in [6, 6.07) is 4.55. The first-order chi connectivity index (χ1) is 14.8. The Morgan fingerprint density at radius 3 is 2.34 bits per heavy atom. The fourth-order valence-corrected chi connectivity index (χ4v) is 3.44. The number of benzene rings is 1. The highest BCUT2D eigenvalue weighted by atomic mass is 19.4. The molecule has 2 rings (SSSR count). The number of amides is 1. The zero-order chi connectivity index (χ0) is 24.3. The van der Waals surface area contributed by atoms with Gasteiger partial charge in [-0.25, -0.2) is 4.79 Å². The van der Waals surface area contributed by atoms with Gasteiger partial charge in [0.2, 0.25) is 5.91 Å². The van der Waals surface area contributed by atoms with Crippen molar-refractivity contribution in [3.8, 4) is 5.75 Å². The first-order valence-corrected chi connectivity index (χ1v) is 9.86. The van der Waals surface area contributed by atoms with Crippen molar-refractivity contribution in [2.45, 2.75) is 51.9 Å². The third-order valence-electron chi connectivity index (χ3n) is 4.79. The second-order valence-corrected chi connectivity index (χ2v) is 8.61. The molecule has 1 unspecified atom stereocenters.